The third kappa shape index (κ3) is 3.17. The van der Waals surface area contributed by atoms with E-state index in [4.69, 9.17) is 4.98 Å². The van der Waals surface area contributed by atoms with Crippen molar-refractivity contribution in [1.82, 2.24) is 9.55 Å². The van der Waals surface area contributed by atoms with Gasteiger partial charge < -0.3 is 0 Å². The van der Waals surface area contributed by atoms with E-state index in [0.29, 0.717) is 11.4 Å². The third-order valence-corrected chi connectivity index (χ3v) is 4.77. The molecular weight excluding hydrogens is 335 g/mol. The zero-order valence-corrected chi connectivity index (χ0v) is 15.7. The highest BCUT2D eigenvalue weighted by Gasteiger charge is 2.18. The van der Waals surface area contributed by atoms with Crippen LogP contribution in [0.5, 0.6) is 0 Å². The normalized spacial score (nSPS) is 11.0. The minimum Gasteiger partial charge on any atom is -0.299 e. The standard InChI is InChI=1S/C24H21FN2/c1-16-13-17(2)23(18(3)14-16)27-15-22(19-9-5-4-6-10-19)26-24(27)20-11-7-8-12-21(20)25/h4-15H,1-3H3. The summed E-state index contributed by atoms with van der Waals surface area (Å²) in [6.07, 6.45) is 2.00. The van der Waals surface area contributed by atoms with Gasteiger partial charge in [0, 0.05) is 11.8 Å². The topological polar surface area (TPSA) is 17.8 Å². The Kier molecular flexibility index (Phi) is 4.36. The van der Waals surface area contributed by atoms with Gasteiger partial charge in [0.25, 0.3) is 0 Å². The van der Waals surface area contributed by atoms with E-state index in [2.05, 4.69) is 32.9 Å². The summed E-state index contributed by atoms with van der Waals surface area (Å²) in [6.45, 7) is 6.26. The van der Waals surface area contributed by atoms with Crippen molar-refractivity contribution in [3.05, 3.63) is 95.4 Å². The van der Waals surface area contributed by atoms with Crippen LogP contribution in [0.4, 0.5) is 4.39 Å². The summed E-state index contributed by atoms with van der Waals surface area (Å²) in [5, 5.41) is 0. The maximum atomic E-state index is 14.6. The Labute approximate surface area is 159 Å². The van der Waals surface area contributed by atoms with E-state index in [0.717, 1.165) is 28.1 Å². The number of benzene rings is 3. The molecule has 0 spiro atoms. The van der Waals surface area contributed by atoms with Gasteiger partial charge in [-0.1, -0.05) is 60.2 Å². The number of hydrogen-bond acceptors (Lipinski definition) is 1. The number of nitrogens with zero attached hydrogens (tertiary/aromatic N) is 2. The minimum atomic E-state index is -0.272. The van der Waals surface area contributed by atoms with Gasteiger partial charge in [-0.2, -0.15) is 0 Å². The Morgan fingerprint density at radius 2 is 1.44 bits per heavy atom. The Morgan fingerprint density at radius 3 is 2.11 bits per heavy atom. The van der Waals surface area contributed by atoms with E-state index in [1.54, 1.807) is 12.1 Å². The Hall–Kier alpha value is -3.20. The molecule has 3 aromatic carbocycles. The summed E-state index contributed by atoms with van der Waals surface area (Å²) in [5.74, 6) is 0.341. The van der Waals surface area contributed by atoms with Gasteiger partial charge in [0.2, 0.25) is 0 Å². The molecule has 4 aromatic rings. The molecule has 27 heavy (non-hydrogen) atoms. The molecule has 0 aliphatic carbocycles. The first kappa shape index (κ1) is 17.2. The maximum absolute atomic E-state index is 14.6. The predicted molar refractivity (Wildman–Crippen MR) is 109 cm³/mol. The quantitative estimate of drug-likeness (QED) is 0.423. The van der Waals surface area contributed by atoms with Crippen molar-refractivity contribution < 1.29 is 4.39 Å². The first-order chi connectivity index (χ1) is 13.0. The Morgan fingerprint density at radius 1 is 0.815 bits per heavy atom. The Balaban J connectivity index is 2.01. The van der Waals surface area contributed by atoms with E-state index < -0.39 is 0 Å². The van der Waals surface area contributed by atoms with Crippen LogP contribution >= 0.6 is 0 Å². The second kappa shape index (κ2) is 6.84. The summed E-state index contributed by atoms with van der Waals surface area (Å²) in [6, 6.07) is 21.1. The van der Waals surface area contributed by atoms with Crippen molar-refractivity contribution in [3.8, 4) is 28.3 Å². The van der Waals surface area contributed by atoms with Crippen LogP contribution in [-0.4, -0.2) is 9.55 Å². The lowest BCUT2D eigenvalue weighted by Crippen LogP contribution is -2.03. The highest BCUT2D eigenvalue weighted by Crippen LogP contribution is 2.32. The van der Waals surface area contributed by atoms with E-state index >= 15 is 0 Å². The molecule has 0 N–H and O–H groups in total. The van der Waals surface area contributed by atoms with E-state index in [9.17, 15) is 4.39 Å². The number of hydrogen-bond donors (Lipinski definition) is 0. The van der Waals surface area contributed by atoms with Crippen LogP contribution in [0.2, 0.25) is 0 Å². The second-order valence-corrected chi connectivity index (χ2v) is 6.91. The van der Waals surface area contributed by atoms with Crippen LogP contribution in [-0.2, 0) is 0 Å². The first-order valence-corrected chi connectivity index (χ1v) is 9.02. The molecule has 0 saturated carbocycles. The molecule has 134 valence electrons. The molecule has 4 rings (SSSR count). The first-order valence-electron chi connectivity index (χ1n) is 9.02. The van der Waals surface area contributed by atoms with Gasteiger partial charge >= 0.3 is 0 Å². The molecule has 1 aromatic heterocycles. The number of imidazole rings is 1. The highest BCUT2D eigenvalue weighted by molar-refractivity contribution is 5.69. The van der Waals surface area contributed by atoms with Crippen molar-refractivity contribution in [1.29, 1.82) is 0 Å². The molecule has 0 fully saturated rings. The molecule has 0 radical (unpaired) electrons. The number of aryl methyl sites for hydroxylation is 3. The largest absolute Gasteiger partial charge is 0.299 e. The molecule has 0 atom stereocenters. The maximum Gasteiger partial charge on any atom is 0.148 e. The summed E-state index contributed by atoms with van der Waals surface area (Å²) < 4.78 is 16.6. The highest BCUT2D eigenvalue weighted by atomic mass is 19.1. The lowest BCUT2D eigenvalue weighted by molar-refractivity contribution is 0.629. The molecule has 2 nitrogen and oxygen atoms in total. The average Bonchev–Trinajstić information content (AvgIpc) is 3.07. The number of rotatable bonds is 3. The number of aromatic nitrogens is 2. The van der Waals surface area contributed by atoms with Crippen molar-refractivity contribution in [3.63, 3.8) is 0 Å². The van der Waals surface area contributed by atoms with E-state index in [-0.39, 0.29) is 5.82 Å². The smallest absolute Gasteiger partial charge is 0.148 e. The summed E-state index contributed by atoms with van der Waals surface area (Å²) in [4.78, 5) is 4.82. The average molecular weight is 356 g/mol. The van der Waals surface area contributed by atoms with Crippen molar-refractivity contribution in [2.24, 2.45) is 0 Å². The van der Waals surface area contributed by atoms with E-state index in [1.165, 1.54) is 11.6 Å². The minimum absolute atomic E-state index is 0.272. The molecule has 0 saturated heterocycles. The van der Waals surface area contributed by atoms with Crippen LogP contribution < -0.4 is 0 Å². The summed E-state index contributed by atoms with van der Waals surface area (Å²) in [5.41, 5.74) is 6.88. The molecular formula is C24H21FN2. The van der Waals surface area contributed by atoms with E-state index in [1.807, 2.05) is 47.2 Å². The SMILES string of the molecule is Cc1cc(C)c(-n2cc(-c3ccccc3)nc2-c2ccccc2F)c(C)c1. The molecule has 0 amide bonds. The summed E-state index contributed by atoms with van der Waals surface area (Å²) >= 11 is 0. The Bertz CT molecular complexity index is 1090. The zero-order chi connectivity index (χ0) is 19.0. The molecule has 0 aliphatic heterocycles. The fourth-order valence-electron chi connectivity index (χ4n) is 3.68. The van der Waals surface area contributed by atoms with Crippen LogP contribution in [0.25, 0.3) is 28.3 Å². The second-order valence-electron chi connectivity index (χ2n) is 6.91. The molecule has 1 heterocycles. The zero-order valence-electron chi connectivity index (χ0n) is 15.7. The van der Waals surface area contributed by atoms with Crippen LogP contribution in [0.1, 0.15) is 16.7 Å². The van der Waals surface area contributed by atoms with Crippen LogP contribution in [0.15, 0.2) is 72.9 Å². The molecule has 0 unspecified atom stereocenters. The molecule has 0 bridgehead atoms. The van der Waals surface area contributed by atoms with Gasteiger partial charge in [0.05, 0.1) is 16.9 Å². The molecule has 0 aliphatic rings. The van der Waals surface area contributed by atoms with Gasteiger partial charge in [-0.15, -0.1) is 0 Å². The fourth-order valence-corrected chi connectivity index (χ4v) is 3.68. The van der Waals surface area contributed by atoms with Crippen molar-refractivity contribution >= 4 is 0 Å². The molecule has 3 heteroatoms. The van der Waals surface area contributed by atoms with Crippen LogP contribution in [0, 0.1) is 26.6 Å². The van der Waals surface area contributed by atoms with Crippen LogP contribution in [0.3, 0.4) is 0 Å². The number of halogens is 1. The fraction of sp³-hybridized carbons (Fsp3) is 0.125. The van der Waals surface area contributed by atoms with Gasteiger partial charge in [0.15, 0.2) is 0 Å². The lowest BCUT2D eigenvalue weighted by Gasteiger charge is -2.15. The third-order valence-electron chi connectivity index (χ3n) is 4.77. The summed E-state index contributed by atoms with van der Waals surface area (Å²) in [7, 11) is 0. The lowest BCUT2D eigenvalue weighted by atomic mass is 10.0. The van der Waals surface area contributed by atoms with Crippen molar-refractivity contribution in [2.45, 2.75) is 20.8 Å². The van der Waals surface area contributed by atoms with Gasteiger partial charge in [-0.3, -0.25) is 4.57 Å². The monoisotopic (exact) mass is 356 g/mol. The van der Waals surface area contributed by atoms with Gasteiger partial charge in [-0.05, 0) is 44.0 Å². The van der Waals surface area contributed by atoms with Gasteiger partial charge in [0.1, 0.15) is 11.6 Å². The van der Waals surface area contributed by atoms with Gasteiger partial charge in [-0.25, -0.2) is 9.37 Å². The predicted octanol–water partition coefficient (Wildman–Crippen LogP) is 6.27. The van der Waals surface area contributed by atoms with Crippen molar-refractivity contribution in [2.75, 3.05) is 0 Å².